The Morgan fingerprint density at radius 3 is 1.19 bits per heavy atom. The molecule has 0 saturated heterocycles. The normalized spacial score (nSPS) is 25.2. The first-order chi connectivity index (χ1) is 12.4. The van der Waals surface area contributed by atoms with E-state index >= 15 is 0 Å². The van der Waals surface area contributed by atoms with Gasteiger partial charge in [-0.25, -0.2) is 4.79 Å². The van der Waals surface area contributed by atoms with Gasteiger partial charge in [-0.1, -0.05) is 57.8 Å². The van der Waals surface area contributed by atoms with Crippen LogP contribution in [-0.4, -0.2) is 17.7 Å². The highest BCUT2D eigenvalue weighted by Gasteiger charge is 2.57. The lowest BCUT2D eigenvalue weighted by Gasteiger charge is -2.53. The van der Waals surface area contributed by atoms with E-state index in [-0.39, 0.29) is 17.8 Å². The fourth-order valence-electron chi connectivity index (χ4n) is 6.13. The van der Waals surface area contributed by atoms with Gasteiger partial charge in [0.25, 0.3) is 0 Å². The second-order valence-electron chi connectivity index (χ2n) is 8.75. The maximum absolute atomic E-state index is 13.2. The molecular weight excluding hydrogens is 341 g/mol. The van der Waals surface area contributed by atoms with Gasteiger partial charge in [0, 0.05) is 0 Å². The third kappa shape index (κ3) is 4.22. The molecule has 3 aliphatic rings. The molecule has 0 radical (unpaired) electrons. The van der Waals surface area contributed by atoms with Crippen LogP contribution < -0.4 is 0 Å². The summed E-state index contributed by atoms with van der Waals surface area (Å²) in [5, 5.41) is 0. The predicted octanol–water partition coefficient (Wildman–Crippen LogP) is 6.57. The highest BCUT2D eigenvalue weighted by atomic mass is 19.4. The first-order valence-electron chi connectivity index (χ1n) is 10.7. The molecule has 3 aliphatic carbocycles. The summed E-state index contributed by atoms with van der Waals surface area (Å²) >= 11 is 0. The van der Waals surface area contributed by atoms with Crippen LogP contribution in [0.4, 0.5) is 13.2 Å². The minimum atomic E-state index is -4.90. The maximum Gasteiger partial charge on any atom is 0.490 e. The van der Waals surface area contributed by atoms with Gasteiger partial charge in [0.1, 0.15) is 5.60 Å². The van der Waals surface area contributed by atoms with Crippen molar-refractivity contribution in [1.29, 1.82) is 0 Å². The zero-order valence-corrected chi connectivity index (χ0v) is 15.8. The smallest absolute Gasteiger partial charge is 0.452 e. The Labute approximate surface area is 155 Å². The Bertz CT molecular complexity index is 411. The van der Waals surface area contributed by atoms with Crippen LogP contribution in [0.2, 0.25) is 0 Å². The molecule has 0 aromatic heterocycles. The molecule has 26 heavy (non-hydrogen) atoms. The van der Waals surface area contributed by atoms with E-state index in [2.05, 4.69) is 0 Å². The molecule has 0 unspecified atom stereocenters. The number of carbonyl (C=O) groups excluding carboxylic acids is 1. The summed E-state index contributed by atoms with van der Waals surface area (Å²) in [6.07, 6.45) is 10.3. The number of alkyl halides is 3. The lowest BCUT2D eigenvalue weighted by atomic mass is 9.58. The fourth-order valence-corrected chi connectivity index (χ4v) is 6.13. The summed E-state index contributed by atoms with van der Waals surface area (Å²) in [6, 6.07) is 0. The third-order valence-corrected chi connectivity index (χ3v) is 7.23. The number of hydrogen-bond donors (Lipinski definition) is 0. The van der Waals surface area contributed by atoms with Crippen molar-refractivity contribution in [3.8, 4) is 0 Å². The van der Waals surface area contributed by atoms with Crippen LogP contribution in [-0.2, 0) is 9.53 Å². The molecule has 3 saturated carbocycles. The molecule has 0 aliphatic heterocycles. The third-order valence-electron chi connectivity index (χ3n) is 7.23. The highest BCUT2D eigenvalue weighted by Crippen LogP contribution is 2.53. The zero-order chi connectivity index (χ0) is 18.6. The minimum Gasteiger partial charge on any atom is -0.452 e. The summed E-state index contributed by atoms with van der Waals surface area (Å²) < 4.78 is 45.3. The lowest BCUT2D eigenvalue weighted by molar-refractivity contribution is -0.239. The number of halogens is 3. The van der Waals surface area contributed by atoms with Gasteiger partial charge in [-0.2, -0.15) is 13.2 Å². The predicted molar refractivity (Wildman–Crippen MR) is 94.6 cm³/mol. The molecule has 0 amide bonds. The van der Waals surface area contributed by atoms with E-state index in [1.807, 2.05) is 0 Å². The molecule has 0 heterocycles. The maximum atomic E-state index is 13.2. The minimum absolute atomic E-state index is 0.105. The summed E-state index contributed by atoms with van der Waals surface area (Å²) in [4.78, 5) is 12.1. The molecule has 0 spiro atoms. The zero-order valence-electron chi connectivity index (χ0n) is 15.8. The van der Waals surface area contributed by atoms with Crippen molar-refractivity contribution >= 4 is 5.97 Å². The van der Waals surface area contributed by atoms with Crippen LogP contribution in [0.15, 0.2) is 0 Å². The summed E-state index contributed by atoms with van der Waals surface area (Å²) in [5.41, 5.74) is -0.881. The number of esters is 1. The van der Waals surface area contributed by atoms with Crippen LogP contribution in [0, 0.1) is 17.8 Å². The number of ether oxygens (including phenoxy) is 1. The van der Waals surface area contributed by atoms with Gasteiger partial charge in [-0.3, -0.25) is 0 Å². The van der Waals surface area contributed by atoms with Crippen LogP contribution in [0.1, 0.15) is 96.3 Å². The summed E-state index contributed by atoms with van der Waals surface area (Å²) in [5.74, 6) is -1.63. The van der Waals surface area contributed by atoms with Gasteiger partial charge in [0.2, 0.25) is 0 Å². The van der Waals surface area contributed by atoms with Gasteiger partial charge >= 0.3 is 12.1 Å². The second kappa shape index (κ2) is 8.52. The van der Waals surface area contributed by atoms with Gasteiger partial charge in [-0.15, -0.1) is 0 Å². The van der Waals surface area contributed by atoms with Crippen molar-refractivity contribution in [3.63, 3.8) is 0 Å². The molecule has 2 nitrogen and oxygen atoms in total. The van der Waals surface area contributed by atoms with Crippen molar-refractivity contribution in [1.82, 2.24) is 0 Å². The van der Waals surface area contributed by atoms with Crippen molar-refractivity contribution in [2.75, 3.05) is 0 Å². The first-order valence-corrected chi connectivity index (χ1v) is 10.7. The second-order valence-corrected chi connectivity index (χ2v) is 8.75. The van der Waals surface area contributed by atoms with Crippen molar-refractivity contribution in [2.24, 2.45) is 17.8 Å². The molecule has 3 fully saturated rings. The van der Waals surface area contributed by atoms with Crippen molar-refractivity contribution in [2.45, 2.75) is 108 Å². The van der Waals surface area contributed by atoms with Gasteiger partial charge in [0.15, 0.2) is 0 Å². The van der Waals surface area contributed by atoms with Gasteiger partial charge in [0.05, 0.1) is 0 Å². The average molecular weight is 374 g/mol. The Kier molecular flexibility index (Phi) is 6.55. The standard InChI is InChI=1S/C21H33F3O2/c22-21(23,24)19(25)26-20(16-10-4-1-5-11-16,17-12-6-2-7-13-17)18-14-8-3-9-15-18/h16-18H,1-15H2. The van der Waals surface area contributed by atoms with E-state index in [0.717, 1.165) is 96.3 Å². The molecule has 0 N–H and O–H groups in total. The quantitative estimate of drug-likeness (QED) is 0.520. The van der Waals surface area contributed by atoms with Crippen LogP contribution in [0.5, 0.6) is 0 Å². The van der Waals surface area contributed by atoms with Crippen LogP contribution >= 0.6 is 0 Å². The van der Waals surface area contributed by atoms with E-state index in [1.165, 1.54) is 0 Å². The van der Waals surface area contributed by atoms with E-state index < -0.39 is 17.7 Å². The SMILES string of the molecule is O=C(OC(C1CCCCC1)(C1CCCCC1)C1CCCCC1)C(F)(F)F. The van der Waals surface area contributed by atoms with Crippen molar-refractivity contribution in [3.05, 3.63) is 0 Å². The highest BCUT2D eigenvalue weighted by molar-refractivity contribution is 5.76. The Hall–Kier alpha value is -0.740. The first kappa shape index (κ1) is 20.0. The van der Waals surface area contributed by atoms with Crippen molar-refractivity contribution < 1.29 is 22.7 Å². The summed E-state index contributed by atoms with van der Waals surface area (Å²) in [7, 11) is 0. The largest absolute Gasteiger partial charge is 0.490 e. The molecule has 3 rings (SSSR count). The summed E-state index contributed by atoms with van der Waals surface area (Å²) in [6.45, 7) is 0. The topological polar surface area (TPSA) is 26.3 Å². The van der Waals surface area contributed by atoms with Crippen LogP contribution in [0.25, 0.3) is 0 Å². The van der Waals surface area contributed by atoms with Gasteiger partial charge in [-0.05, 0) is 56.3 Å². The number of rotatable bonds is 4. The number of carbonyl (C=O) groups is 1. The Morgan fingerprint density at radius 1 is 0.615 bits per heavy atom. The fraction of sp³-hybridized carbons (Fsp3) is 0.952. The molecule has 0 atom stereocenters. The Morgan fingerprint density at radius 2 is 0.923 bits per heavy atom. The lowest BCUT2D eigenvalue weighted by Crippen LogP contribution is -2.57. The van der Waals surface area contributed by atoms with E-state index in [9.17, 15) is 18.0 Å². The van der Waals surface area contributed by atoms with E-state index in [1.54, 1.807) is 0 Å². The molecule has 5 heteroatoms. The number of hydrogen-bond acceptors (Lipinski definition) is 2. The molecule has 0 aromatic carbocycles. The Balaban J connectivity index is 1.97. The van der Waals surface area contributed by atoms with E-state index in [0.29, 0.717) is 0 Å². The van der Waals surface area contributed by atoms with E-state index in [4.69, 9.17) is 4.74 Å². The van der Waals surface area contributed by atoms with Crippen LogP contribution in [0.3, 0.4) is 0 Å². The molecule has 0 aromatic rings. The molecule has 150 valence electrons. The molecule has 0 bridgehead atoms. The monoisotopic (exact) mass is 374 g/mol. The molecular formula is C21H33F3O2. The average Bonchev–Trinajstić information content (AvgIpc) is 2.67. The van der Waals surface area contributed by atoms with Gasteiger partial charge < -0.3 is 4.74 Å².